The molecule has 2 aliphatic rings. The van der Waals surface area contributed by atoms with Gasteiger partial charge in [0.2, 0.25) is 0 Å². The lowest BCUT2D eigenvalue weighted by Crippen LogP contribution is -2.44. The van der Waals surface area contributed by atoms with Crippen molar-refractivity contribution in [3.8, 4) is 0 Å². The predicted octanol–water partition coefficient (Wildman–Crippen LogP) is 1.98. The highest BCUT2D eigenvalue weighted by Crippen LogP contribution is 2.20. The molecule has 146 valence electrons. The van der Waals surface area contributed by atoms with Crippen molar-refractivity contribution in [3.05, 3.63) is 53.9 Å². The SMILES string of the molecule is CN1CCN(c2ccc(NC(=O)c3cccc(C(=O)NC4CC4)n3)cc2)CC1. The topological polar surface area (TPSA) is 77.6 Å². The second kappa shape index (κ2) is 7.98. The molecule has 1 aliphatic heterocycles. The zero-order chi connectivity index (χ0) is 19.5. The first-order valence-electron chi connectivity index (χ1n) is 9.71. The molecule has 2 heterocycles. The Balaban J connectivity index is 1.38. The zero-order valence-electron chi connectivity index (χ0n) is 16.0. The summed E-state index contributed by atoms with van der Waals surface area (Å²) >= 11 is 0. The number of benzene rings is 1. The van der Waals surface area contributed by atoms with Gasteiger partial charge in [0.15, 0.2) is 0 Å². The van der Waals surface area contributed by atoms with E-state index in [4.69, 9.17) is 0 Å². The molecule has 0 atom stereocenters. The Hall–Kier alpha value is -2.93. The smallest absolute Gasteiger partial charge is 0.274 e. The molecule has 1 saturated carbocycles. The van der Waals surface area contributed by atoms with Gasteiger partial charge in [-0.3, -0.25) is 9.59 Å². The highest BCUT2D eigenvalue weighted by atomic mass is 16.2. The lowest BCUT2D eigenvalue weighted by molar-refractivity contribution is 0.0946. The number of nitrogens with zero attached hydrogens (tertiary/aromatic N) is 3. The van der Waals surface area contributed by atoms with Crippen molar-refractivity contribution in [2.24, 2.45) is 0 Å². The molecule has 0 spiro atoms. The Morgan fingerprint density at radius 3 is 2.21 bits per heavy atom. The molecule has 7 nitrogen and oxygen atoms in total. The van der Waals surface area contributed by atoms with E-state index in [0.717, 1.165) is 44.7 Å². The molecule has 1 saturated heterocycles. The van der Waals surface area contributed by atoms with E-state index in [1.54, 1.807) is 18.2 Å². The quantitative estimate of drug-likeness (QED) is 0.831. The van der Waals surface area contributed by atoms with Crippen molar-refractivity contribution in [3.63, 3.8) is 0 Å². The summed E-state index contributed by atoms with van der Waals surface area (Å²) in [7, 11) is 2.13. The summed E-state index contributed by atoms with van der Waals surface area (Å²) in [6, 6.07) is 13.0. The minimum Gasteiger partial charge on any atom is -0.369 e. The van der Waals surface area contributed by atoms with Crippen LogP contribution in [0.25, 0.3) is 0 Å². The van der Waals surface area contributed by atoms with E-state index >= 15 is 0 Å². The standard InChI is InChI=1S/C21H25N5O2/c1-25-11-13-26(14-12-25)17-9-7-16(8-10-17)23-21(28)19-4-2-3-18(24-19)20(27)22-15-5-6-15/h2-4,7-10,15H,5-6,11-14H2,1H3,(H,22,27)(H,23,28). The summed E-state index contributed by atoms with van der Waals surface area (Å²) in [5.41, 5.74) is 2.36. The van der Waals surface area contributed by atoms with Gasteiger partial charge >= 0.3 is 0 Å². The van der Waals surface area contributed by atoms with Crippen LogP contribution in [0.1, 0.15) is 33.8 Å². The average molecular weight is 379 g/mol. The van der Waals surface area contributed by atoms with Crippen molar-refractivity contribution >= 4 is 23.2 Å². The molecule has 2 aromatic rings. The first-order chi connectivity index (χ1) is 13.6. The first-order valence-corrected chi connectivity index (χ1v) is 9.71. The summed E-state index contributed by atoms with van der Waals surface area (Å²) in [6.07, 6.45) is 2.02. The number of nitrogens with one attached hydrogen (secondary N) is 2. The zero-order valence-corrected chi connectivity index (χ0v) is 16.0. The first kappa shape index (κ1) is 18.4. The van der Waals surface area contributed by atoms with Crippen LogP contribution in [0.5, 0.6) is 0 Å². The van der Waals surface area contributed by atoms with Gasteiger partial charge in [0, 0.05) is 43.6 Å². The summed E-state index contributed by atoms with van der Waals surface area (Å²) < 4.78 is 0. The van der Waals surface area contributed by atoms with E-state index in [1.807, 2.05) is 24.3 Å². The second-order valence-electron chi connectivity index (χ2n) is 7.45. The monoisotopic (exact) mass is 379 g/mol. The fourth-order valence-electron chi connectivity index (χ4n) is 3.19. The summed E-state index contributed by atoms with van der Waals surface area (Å²) in [5, 5.41) is 5.74. The average Bonchev–Trinajstić information content (AvgIpc) is 3.53. The van der Waals surface area contributed by atoms with Gasteiger partial charge in [0.05, 0.1) is 0 Å². The second-order valence-corrected chi connectivity index (χ2v) is 7.45. The lowest BCUT2D eigenvalue weighted by Gasteiger charge is -2.34. The fraction of sp³-hybridized carbons (Fsp3) is 0.381. The third kappa shape index (κ3) is 4.48. The highest BCUT2D eigenvalue weighted by molar-refractivity contribution is 6.04. The maximum absolute atomic E-state index is 12.5. The molecule has 1 aromatic carbocycles. The molecule has 1 aromatic heterocycles. The van der Waals surface area contributed by atoms with Gasteiger partial charge < -0.3 is 20.4 Å². The molecule has 28 heavy (non-hydrogen) atoms. The van der Waals surface area contributed by atoms with Crippen LogP contribution in [0.4, 0.5) is 11.4 Å². The minimum absolute atomic E-state index is 0.228. The number of hydrogen-bond acceptors (Lipinski definition) is 5. The number of hydrogen-bond donors (Lipinski definition) is 2. The van der Waals surface area contributed by atoms with Crippen LogP contribution >= 0.6 is 0 Å². The van der Waals surface area contributed by atoms with E-state index < -0.39 is 0 Å². The van der Waals surface area contributed by atoms with Gasteiger partial charge in [-0.25, -0.2) is 4.98 Å². The van der Waals surface area contributed by atoms with E-state index in [0.29, 0.717) is 5.69 Å². The lowest BCUT2D eigenvalue weighted by atomic mass is 10.2. The maximum Gasteiger partial charge on any atom is 0.274 e. The number of piperazine rings is 1. The number of anilines is 2. The van der Waals surface area contributed by atoms with E-state index in [2.05, 4.69) is 32.5 Å². The van der Waals surface area contributed by atoms with Gasteiger partial charge in [0.1, 0.15) is 11.4 Å². The largest absolute Gasteiger partial charge is 0.369 e. The minimum atomic E-state index is -0.326. The normalized spacial score (nSPS) is 17.2. The Labute approximate surface area is 164 Å². The molecule has 1 aliphatic carbocycles. The Morgan fingerprint density at radius 2 is 1.57 bits per heavy atom. The van der Waals surface area contributed by atoms with Crippen molar-refractivity contribution in [1.29, 1.82) is 0 Å². The van der Waals surface area contributed by atoms with Crippen LogP contribution < -0.4 is 15.5 Å². The third-order valence-corrected chi connectivity index (χ3v) is 5.12. The number of aromatic nitrogens is 1. The number of likely N-dealkylation sites (N-methyl/N-ethyl adjacent to an activating group) is 1. The Morgan fingerprint density at radius 1 is 0.929 bits per heavy atom. The van der Waals surface area contributed by atoms with Crippen LogP contribution in [-0.2, 0) is 0 Å². The molecule has 2 amide bonds. The molecule has 0 bridgehead atoms. The fourth-order valence-corrected chi connectivity index (χ4v) is 3.19. The van der Waals surface area contributed by atoms with Crippen LogP contribution in [0.15, 0.2) is 42.5 Å². The van der Waals surface area contributed by atoms with Gasteiger partial charge in [-0.15, -0.1) is 0 Å². The van der Waals surface area contributed by atoms with Gasteiger partial charge in [-0.1, -0.05) is 6.07 Å². The van der Waals surface area contributed by atoms with E-state index in [1.165, 1.54) is 0 Å². The Kier molecular flexibility index (Phi) is 5.25. The molecule has 0 radical (unpaired) electrons. The third-order valence-electron chi connectivity index (χ3n) is 5.12. The van der Waals surface area contributed by atoms with Crippen LogP contribution in [0, 0.1) is 0 Å². The van der Waals surface area contributed by atoms with E-state index in [9.17, 15) is 9.59 Å². The predicted molar refractivity (Wildman–Crippen MR) is 109 cm³/mol. The van der Waals surface area contributed by atoms with Crippen molar-refractivity contribution in [1.82, 2.24) is 15.2 Å². The molecule has 4 rings (SSSR count). The number of rotatable bonds is 5. The number of carbonyl (C=O) groups is 2. The number of carbonyl (C=O) groups excluding carboxylic acids is 2. The van der Waals surface area contributed by atoms with Crippen LogP contribution in [0.2, 0.25) is 0 Å². The molecule has 2 fully saturated rings. The highest BCUT2D eigenvalue weighted by Gasteiger charge is 2.24. The van der Waals surface area contributed by atoms with Gasteiger partial charge in [-0.2, -0.15) is 0 Å². The molecule has 7 heteroatoms. The van der Waals surface area contributed by atoms with Crippen molar-refractivity contribution in [2.45, 2.75) is 18.9 Å². The maximum atomic E-state index is 12.5. The van der Waals surface area contributed by atoms with Crippen LogP contribution in [-0.4, -0.2) is 61.0 Å². The summed E-state index contributed by atoms with van der Waals surface area (Å²) in [4.78, 5) is 33.5. The molecule has 2 N–H and O–H groups in total. The summed E-state index contributed by atoms with van der Waals surface area (Å²) in [5.74, 6) is -0.554. The Bertz CT molecular complexity index is 855. The summed E-state index contributed by atoms with van der Waals surface area (Å²) in [6.45, 7) is 4.10. The van der Waals surface area contributed by atoms with Crippen LogP contribution in [0.3, 0.4) is 0 Å². The van der Waals surface area contributed by atoms with Crippen molar-refractivity contribution in [2.75, 3.05) is 43.4 Å². The van der Waals surface area contributed by atoms with Crippen molar-refractivity contribution < 1.29 is 9.59 Å². The van der Waals surface area contributed by atoms with E-state index in [-0.39, 0.29) is 29.2 Å². The number of pyridine rings is 1. The van der Waals surface area contributed by atoms with Gasteiger partial charge in [-0.05, 0) is 56.3 Å². The number of amides is 2. The van der Waals surface area contributed by atoms with Gasteiger partial charge in [0.25, 0.3) is 11.8 Å². The molecule has 0 unspecified atom stereocenters. The molecular weight excluding hydrogens is 354 g/mol. The molecular formula is C21H25N5O2.